The topological polar surface area (TPSA) is 50.8 Å². The van der Waals surface area contributed by atoms with Crippen LogP contribution in [0.2, 0.25) is 5.02 Å². The number of anilines is 1. The average molecular weight is 355 g/mol. The zero-order chi connectivity index (χ0) is 17.7. The number of hydrogen-bond acceptors (Lipinski definition) is 4. The van der Waals surface area contributed by atoms with Crippen LogP contribution < -0.4 is 14.8 Å². The third-order valence-electron chi connectivity index (χ3n) is 4.07. The SMILES string of the molecule is CC(C)CC(C)N(C)CC(=O)Nc1cc2c(cc1Cl)OCCCO2. The van der Waals surface area contributed by atoms with E-state index in [9.17, 15) is 4.79 Å². The molecule has 24 heavy (non-hydrogen) atoms. The van der Waals surface area contributed by atoms with Gasteiger partial charge in [0.2, 0.25) is 5.91 Å². The number of benzene rings is 1. The average Bonchev–Trinajstić information content (AvgIpc) is 2.71. The van der Waals surface area contributed by atoms with Crippen LogP contribution in [-0.4, -0.2) is 43.7 Å². The lowest BCUT2D eigenvalue weighted by molar-refractivity contribution is -0.117. The number of fused-ring (bicyclic) bond motifs is 1. The van der Waals surface area contributed by atoms with Gasteiger partial charge in [-0.05, 0) is 26.3 Å². The van der Waals surface area contributed by atoms with Gasteiger partial charge in [-0.2, -0.15) is 0 Å². The first kappa shape index (κ1) is 18.9. The van der Waals surface area contributed by atoms with Crippen molar-refractivity contribution in [2.45, 2.75) is 39.7 Å². The number of ether oxygens (including phenoxy) is 2. The number of hydrogen-bond donors (Lipinski definition) is 1. The number of rotatable bonds is 6. The molecule has 1 aromatic carbocycles. The van der Waals surface area contributed by atoms with E-state index in [4.69, 9.17) is 21.1 Å². The van der Waals surface area contributed by atoms with E-state index >= 15 is 0 Å². The smallest absolute Gasteiger partial charge is 0.238 e. The number of nitrogens with zero attached hydrogens (tertiary/aromatic N) is 1. The molecule has 1 unspecified atom stereocenters. The molecule has 1 atom stereocenters. The van der Waals surface area contributed by atoms with Gasteiger partial charge < -0.3 is 14.8 Å². The van der Waals surface area contributed by atoms with Crippen molar-refractivity contribution in [3.63, 3.8) is 0 Å². The summed E-state index contributed by atoms with van der Waals surface area (Å²) in [6.45, 7) is 8.02. The van der Waals surface area contributed by atoms with Crippen LogP contribution in [0.3, 0.4) is 0 Å². The minimum atomic E-state index is -0.0931. The Hall–Kier alpha value is -1.46. The number of nitrogens with one attached hydrogen (secondary N) is 1. The van der Waals surface area contributed by atoms with Crippen LogP contribution in [0.4, 0.5) is 5.69 Å². The molecule has 0 bridgehead atoms. The maximum atomic E-state index is 12.3. The third kappa shape index (κ3) is 5.28. The predicted octanol–water partition coefficient (Wildman–Crippen LogP) is 3.81. The first-order valence-corrected chi connectivity index (χ1v) is 8.84. The Morgan fingerprint density at radius 3 is 2.50 bits per heavy atom. The highest BCUT2D eigenvalue weighted by Gasteiger charge is 2.18. The highest BCUT2D eigenvalue weighted by atomic mass is 35.5. The summed E-state index contributed by atoms with van der Waals surface area (Å²) in [6, 6.07) is 3.77. The second kappa shape index (κ2) is 8.58. The molecule has 134 valence electrons. The van der Waals surface area contributed by atoms with Gasteiger partial charge in [0.15, 0.2) is 11.5 Å². The summed E-state index contributed by atoms with van der Waals surface area (Å²) in [4.78, 5) is 14.4. The van der Waals surface area contributed by atoms with E-state index in [1.807, 2.05) is 11.9 Å². The van der Waals surface area contributed by atoms with E-state index in [0.29, 0.717) is 53.9 Å². The molecule has 1 heterocycles. The minimum absolute atomic E-state index is 0.0931. The fourth-order valence-electron chi connectivity index (χ4n) is 2.71. The standard InChI is InChI=1S/C18H27ClN2O3/c1-12(2)8-13(3)21(4)11-18(22)20-15-10-17-16(9-14(15)19)23-6-5-7-24-17/h9-10,12-13H,5-8,11H2,1-4H3,(H,20,22). The molecule has 0 fully saturated rings. The van der Waals surface area contributed by atoms with Crippen molar-refractivity contribution in [1.82, 2.24) is 4.90 Å². The molecule has 0 radical (unpaired) electrons. The van der Waals surface area contributed by atoms with Crippen LogP contribution in [0.15, 0.2) is 12.1 Å². The van der Waals surface area contributed by atoms with Crippen molar-refractivity contribution in [3.05, 3.63) is 17.2 Å². The second-order valence-corrected chi connectivity index (χ2v) is 7.18. The van der Waals surface area contributed by atoms with E-state index in [1.165, 1.54) is 0 Å². The van der Waals surface area contributed by atoms with Crippen molar-refractivity contribution in [3.8, 4) is 11.5 Å². The van der Waals surface area contributed by atoms with Gasteiger partial charge in [-0.25, -0.2) is 0 Å². The minimum Gasteiger partial charge on any atom is -0.490 e. The largest absolute Gasteiger partial charge is 0.490 e. The van der Waals surface area contributed by atoms with Gasteiger partial charge in [0.05, 0.1) is 30.5 Å². The van der Waals surface area contributed by atoms with Crippen molar-refractivity contribution in [2.75, 3.05) is 32.1 Å². The van der Waals surface area contributed by atoms with Gasteiger partial charge in [0.1, 0.15) is 0 Å². The highest BCUT2D eigenvalue weighted by Crippen LogP contribution is 2.37. The molecular formula is C18H27ClN2O3. The summed E-state index contributed by atoms with van der Waals surface area (Å²) in [5.74, 6) is 1.75. The maximum Gasteiger partial charge on any atom is 0.238 e. The molecule has 1 aliphatic rings. The third-order valence-corrected chi connectivity index (χ3v) is 4.38. The first-order chi connectivity index (χ1) is 11.4. The Morgan fingerprint density at radius 2 is 1.88 bits per heavy atom. The molecule has 0 saturated heterocycles. The van der Waals surface area contributed by atoms with Gasteiger partial charge in [0.25, 0.3) is 0 Å². The summed E-state index contributed by atoms with van der Waals surface area (Å²) < 4.78 is 11.2. The molecule has 0 spiro atoms. The van der Waals surface area contributed by atoms with Crippen LogP contribution in [0, 0.1) is 5.92 Å². The Balaban J connectivity index is 2.00. The number of carbonyl (C=O) groups is 1. The van der Waals surface area contributed by atoms with Crippen LogP contribution in [0.25, 0.3) is 0 Å². The number of likely N-dealkylation sites (N-methyl/N-ethyl adjacent to an activating group) is 1. The molecule has 1 aromatic rings. The normalized spacial score (nSPS) is 15.3. The monoisotopic (exact) mass is 354 g/mol. The fourth-order valence-corrected chi connectivity index (χ4v) is 2.91. The summed E-state index contributed by atoms with van der Waals surface area (Å²) >= 11 is 6.26. The first-order valence-electron chi connectivity index (χ1n) is 8.46. The highest BCUT2D eigenvalue weighted by molar-refractivity contribution is 6.34. The van der Waals surface area contributed by atoms with Gasteiger partial charge in [-0.15, -0.1) is 0 Å². The van der Waals surface area contributed by atoms with Crippen LogP contribution in [0.1, 0.15) is 33.6 Å². The zero-order valence-corrected chi connectivity index (χ0v) is 15.7. The summed E-state index contributed by atoms with van der Waals surface area (Å²) in [7, 11) is 1.96. The molecule has 1 amide bonds. The van der Waals surface area contributed by atoms with Gasteiger partial charge >= 0.3 is 0 Å². The second-order valence-electron chi connectivity index (χ2n) is 6.77. The molecule has 1 N–H and O–H groups in total. The Kier molecular flexibility index (Phi) is 6.75. The Morgan fingerprint density at radius 1 is 1.25 bits per heavy atom. The van der Waals surface area contributed by atoms with Crippen LogP contribution in [0.5, 0.6) is 11.5 Å². The predicted molar refractivity (Wildman–Crippen MR) is 97.2 cm³/mol. The number of amides is 1. The lowest BCUT2D eigenvalue weighted by Crippen LogP contribution is -2.37. The van der Waals surface area contributed by atoms with Crippen molar-refractivity contribution < 1.29 is 14.3 Å². The molecule has 0 aromatic heterocycles. The molecule has 1 aliphatic heterocycles. The fraction of sp³-hybridized carbons (Fsp3) is 0.611. The van der Waals surface area contributed by atoms with Gasteiger partial charge in [-0.3, -0.25) is 9.69 Å². The van der Waals surface area contributed by atoms with Crippen molar-refractivity contribution in [2.24, 2.45) is 5.92 Å². The quantitative estimate of drug-likeness (QED) is 0.844. The zero-order valence-electron chi connectivity index (χ0n) is 14.9. The maximum absolute atomic E-state index is 12.3. The van der Waals surface area contributed by atoms with Crippen LogP contribution in [-0.2, 0) is 4.79 Å². The summed E-state index contributed by atoms with van der Waals surface area (Å²) in [5, 5.41) is 3.32. The summed E-state index contributed by atoms with van der Waals surface area (Å²) in [5.41, 5.74) is 0.552. The Labute approximate surface area is 149 Å². The van der Waals surface area contributed by atoms with E-state index in [-0.39, 0.29) is 5.91 Å². The molecule has 0 saturated carbocycles. The molecular weight excluding hydrogens is 328 g/mol. The molecule has 6 heteroatoms. The van der Waals surface area contributed by atoms with E-state index in [0.717, 1.165) is 12.8 Å². The Bertz CT molecular complexity index is 578. The van der Waals surface area contributed by atoms with E-state index in [1.54, 1.807) is 12.1 Å². The van der Waals surface area contributed by atoms with E-state index in [2.05, 4.69) is 26.1 Å². The van der Waals surface area contributed by atoms with Gasteiger partial charge in [-0.1, -0.05) is 25.4 Å². The molecule has 5 nitrogen and oxygen atoms in total. The molecule has 2 rings (SSSR count). The van der Waals surface area contributed by atoms with Gasteiger partial charge in [0, 0.05) is 24.6 Å². The van der Waals surface area contributed by atoms with Crippen LogP contribution >= 0.6 is 11.6 Å². The number of halogens is 1. The van der Waals surface area contributed by atoms with Crippen molar-refractivity contribution in [1.29, 1.82) is 0 Å². The van der Waals surface area contributed by atoms with E-state index < -0.39 is 0 Å². The summed E-state index contributed by atoms with van der Waals surface area (Å²) in [6.07, 6.45) is 1.88. The molecule has 0 aliphatic carbocycles. The number of carbonyl (C=O) groups excluding carboxylic acids is 1. The lowest BCUT2D eigenvalue weighted by Gasteiger charge is -2.25. The van der Waals surface area contributed by atoms with Crippen molar-refractivity contribution >= 4 is 23.2 Å². The lowest BCUT2D eigenvalue weighted by atomic mass is 10.0.